The Hall–Kier alpha value is -1.94. The Kier molecular flexibility index (Phi) is 6.49. The average molecular weight is 402 g/mol. The molecular formula is C25H36FNO2. The Morgan fingerprint density at radius 3 is 2.07 bits per heavy atom. The van der Waals surface area contributed by atoms with Crippen molar-refractivity contribution in [2.24, 2.45) is 16.7 Å². The first-order valence-corrected chi connectivity index (χ1v) is 10.3. The zero-order valence-corrected chi connectivity index (χ0v) is 19.4. The number of hydrogen-bond donors (Lipinski definition) is 1. The Morgan fingerprint density at radius 2 is 1.59 bits per heavy atom. The summed E-state index contributed by atoms with van der Waals surface area (Å²) >= 11 is 0. The lowest BCUT2D eigenvalue weighted by molar-refractivity contribution is -0.144. The molecule has 0 radical (unpaired) electrons. The van der Waals surface area contributed by atoms with Crippen LogP contribution in [0.2, 0.25) is 0 Å². The molecular weight excluding hydrogens is 365 g/mol. The molecule has 0 atom stereocenters. The van der Waals surface area contributed by atoms with Crippen molar-refractivity contribution in [3.8, 4) is 17.0 Å². The summed E-state index contributed by atoms with van der Waals surface area (Å²) in [5.41, 5.74) is 0.757. The van der Waals surface area contributed by atoms with Gasteiger partial charge in [0.1, 0.15) is 5.82 Å². The Bertz CT molecular complexity index is 846. The van der Waals surface area contributed by atoms with Crippen LogP contribution in [0.4, 0.5) is 4.39 Å². The van der Waals surface area contributed by atoms with Crippen LogP contribution in [0, 0.1) is 22.6 Å². The minimum absolute atomic E-state index is 0.341. The molecule has 0 aliphatic carbocycles. The topological polar surface area (TPSA) is 42.4 Å². The van der Waals surface area contributed by atoms with Crippen LogP contribution in [0.1, 0.15) is 66.5 Å². The van der Waals surface area contributed by atoms with E-state index in [0.717, 1.165) is 17.5 Å². The molecule has 0 aliphatic rings. The summed E-state index contributed by atoms with van der Waals surface area (Å²) in [6, 6.07) is 7.60. The van der Waals surface area contributed by atoms with Gasteiger partial charge < -0.3 is 9.84 Å². The molecule has 4 heteroatoms. The van der Waals surface area contributed by atoms with Gasteiger partial charge in [0.2, 0.25) is 5.88 Å². The first kappa shape index (κ1) is 23.3. The second-order valence-corrected chi connectivity index (χ2v) is 10.4. The fourth-order valence-electron chi connectivity index (χ4n) is 4.39. The van der Waals surface area contributed by atoms with Crippen LogP contribution in [0.3, 0.4) is 0 Å². The van der Waals surface area contributed by atoms with Crippen molar-refractivity contribution in [1.82, 2.24) is 4.98 Å². The Balaban J connectivity index is 2.90. The first-order chi connectivity index (χ1) is 13.2. The largest absolute Gasteiger partial charge is 0.481 e. The van der Waals surface area contributed by atoms with Gasteiger partial charge in [0.25, 0.3) is 0 Å². The number of aliphatic hydroxyl groups is 1. The lowest BCUT2D eigenvalue weighted by atomic mass is 9.58. The van der Waals surface area contributed by atoms with Gasteiger partial charge in [0.05, 0.1) is 18.9 Å². The smallest absolute Gasteiger partial charge is 0.213 e. The first-order valence-electron chi connectivity index (χ1n) is 10.3. The second-order valence-electron chi connectivity index (χ2n) is 10.4. The molecule has 0 amide bonds. The zero-order valence-electron chi connectivity index (χ0n) is 19.4. The summed E-state index contributed by atoms with van der Waals surface area (Å²) in [6.07, 6.45) is 2.06. The van der Waals surface area contributed by atoms with Gasteiger partial charge in [-0.15, -0.1) is 0 Å². The number of hydrogen-bond acceptors (Lipinski definition) is 3. The van der Waals surface area contributed by atoms with Gasteiger partial charge in [-0.05, 0) is 39.9 Å². The predicted octanol–water partition coefficient (Wildman–Crippen LogP) is 6.37. The molecule has 1 aromatic carbocycles. The van der Waals surface area contributed by atoms with Crippen molar-refractivity contribution in [3.63, 3.8) is 0 Å². The number of benzene rings is 1. The molecule has 3 nitrogen and oxygen atoms in total. The maximum absolute atomic E-state index is 14.9. The van der Waals surface area contributed by atoms with E-state index in [1.807, 2.05) is 53.7 Å². The van der Waals surface area contributed by atoms with E-state index in [2.05, 4.69) is 24.9 Å². The van der Waals surface area contributed by atoms with E-state index in [1.165, 1.54) is 13.3 Å². The minimum atomic E-state index is -1.20. The van der Waals surface area contributed by atoms with Crippen LogP contribution >= 0.6 is 0 Å². The number of methoxy groups -OCH3 is 1. The quantitative estimate of drug-likeness (QED) is 0.632. The van der Waals surface area contributed by atoms with Crippen molar-refractivity contribution < 1.29 is 14.2 Å². The Labute approximate surface area is 175 Å². The van der Waals surface area contributed by atoms with E-state index < -0.39 is 22.2 Å². The summed E-state index contributed by atoms with van der Waals surface area (Å²) in [4.78, 5) is 3.97. The third kappa shape index (κ3) is 4.48. The van der Waals surface area contributed by atoms with Crippen LogP contribution in [0.5, 0.6) is 5.88 Å². The standard InChI is InChI=1S/C25H36FNO2/c1-16(2)12-17-10-11-18(19-14-22(29-9)27-15-21(19)26)20(13-17)25(28,23(3,4)5)24(6,7)8/h10-11,13-16,28H,12H2,1-9H3. The van der Waals surface area contributed by atoms with E-state index in [-0.39, 0.29) is 0 Å². The van der Waals surface area contributed by atoms with Gasteiger partial charge in [-0.3, -0.25) is 0 Å². The van der Waals surface area contributed by atoms with Crippen LogP contribution in [-0.2, 0) is 12.0 Å². The fraction of sp³-hybridized carbons (Fsp3) is 0.560. The molecule has 0 unspecified atom stereocenters. The maximum atomic E-state index is 14.9. The number of nitrogens with zero attached hydrogens (tertiary/aromatic N) is 1. The molecule has 1 N–H and O–H groups in total. The fourth-order valence-corrected chi connectivity index (χ4v) is 4.39. The lowest BCUT2D eigenvalue weighted by Crippen LogP contribution is -2.50. The predicted molar refractivity (Wildman–Crippen MR) is 118 cm³/mol. The molecule has 0 bridgehead atoms. The lowest BCUT2D eigenvalue weighted by Gasteiger charge is -2.51. The molecule has 0 saturated heterocycles. The SMILES string of the molecule is COc1cc(-c2ccc(CC(C)C)cc2C(O)(C(C)(C)C)C(C)(C)C)c(F)cn1. The van der Waals surface area contributed by atoms with E-state index in [4.69, 9.17) is 4.74 Å². The molecule has 1 aromatic heterocycles. The highest BCUT2D eigenvalue weighted by Crippen LogP contribution is 2.54. The van der Waals surface area contributed by atoms with E-state index in [1.54, 1.807) is 6.07 Å². The molecule has 2 aromatic rings. The number of ether oxygens (including phenoxy) is 1. The highest BCUT2D eigenvalue weighted by molar-refractivity contribution is 5.71. The van der Waals surface area contributed by atoms with Crippen LogP contribution in [-0.4, -0.2) is 17.2 Å². The van der Waals surface area contributed by atoms with Crippen LogP contribution in [0.25, 0.3) is 11.1 Å². The number of rotatable bonds is 5. The van der Waals surface area contributed by atoms with Gasteiger partial charge in [-0.25, -0.2) is 9.37 Å². The van der Waals surface area contributed by atoms with Gasteiger partial charge in [-0.2, -0.15) is 0 Å². The van der Waals surface area contributed by atoms with Crippen molar-refractivity contribution >= 4 is 0 Å². The summed E-state index contributed by atoms with van der Waals surface area (Å²) in [6.45, 7) is 16.5. The van der Waals surface area contributed by atoms with E-state index >= 15 is 0 Å². The van der Waals surface area contributed by atoms with Crippen LogP contribution in [0.15, 0.2) is 30.5 Å². The number of halogens is 1. The Morgan fingerprint density at radius 1 is 1.00 bits per heavy atom. The molecule has 2 rings (SSSR count). The molecule has 29 heavy (non-hydrogen) atoms. The minimum Gasteiger partial charge on any atom is -0.481 e. The molecule has 160 valence electrons. The van der Waals surface area contributed by atoms with Gasteiger partial charge >= 0.3 is 0 Å². The van der Waals surface area contributed by atoms with Crippen molar-refractivity contribution in [1.29, 1.82) is 0 Å². The molecule has 0 spiro atoms. The van der Waals surface area contributed by atoms with Gasteiger partial charge in [0, 0.05) is 11.6 Å². The summed E-state index contributed by atoms with van der Waals surface area (Å²) in [5.74, 6) is 0.381. The van der Waals surface area contributed by atoms with E-state index in [0.29, 0.717) is 22.9 Å². The third-order valence-electron chi connectivity index (χ3n) is 5.62. The number of pyridine rings is 1. The van der Waals surface area contributed by atoms with Crippen molar-refractivity contribution in [2.45, 2.75) is 67.4 Å². The van der Waals surface area contributed by atoms with Crippen molar-refractivity contribution in [2.75, 3.05) is 7.11 Å². The van der Waals surface area contributed by atoms with Gasteiger partial charge in [0.15, 0.2) is 0 Å². The molecule has 0 fully saturated rings. The maximum Gasteiger partial charge on any atom is 0.213 e. The zero-order chi connectivity index (χ0) is 22.2. The monoisotopic (exact) mass is 401 g/mol. The summed E-state index contributed by atoms with van der Waals surface area (Å²) < 4.78 is 20.1. The molecule has 1 heterocycles. The second kappa shape index (κ2) is 8.06. The molecule has 0 saturated carbocycles. The third-order valence-corrected chi connectivity index (χ3v) is 5.62. The average Bonchev–Trinajstić information content (AvgIpc) is 2.59. The summed E-state index contributed by atoms with van der Waals surface area (Å²) in [5, 5.41) is 12.2. The highest BCUT2D eigenvalue weighted by atomic mass is 19.1. The van der Waals surface area contributed by atoms with Crippen LogP contribution < -0.4 is 4.74 Å². The molecule has 0 aliphatic heterocycles. The van der Waals surface area contributed by atoms with E-state index in [9.17, 15) is 9.50 Å². The number of aromatic nitrogens is 1. The normalized spacial score (nSPS) is 13.1. The van der Waals surface area contributed by atoms with Crippen molar-refractivity contribution in [3.05, 3.63) is 47.4 Å². The summed E-state index contributed by atoms with van der Waals surface area (Å²) in [7, 11) is 1.51. The van der Waals surface area contributed by atoms with Gasteiger partial charge in [-0.1, -0.05) is 73.6 Å². The highest BCUT2D eigenvalue weighted by Gasteiger charge is 2.51.